The van der Waals surface area contributed by atoms with Gasteiger partial charge in [-0.1, -0.05) is 30.1 Å². The molecule has 0 spiro atoms. The van der Waals surface area contributed by atoms with E-state index in [1.165, 1.54) is 0 Å². The van der Waals surface area contributed by atoms with Gasteiger partial charge in [-0.2, -0.15) is 5.06 Å². The van der Waals surface area contributed by atoms with Crippen LogP contribution in [0.15, 0.2) is 10.1 Å². The molecule has 4 fully saturated rings. The Kier molecular flexibility index (Phi) is 3.46. The first-order valence-electron chi connectivity index (χ1n) is 8.37. The minimum Gasteiger partial charge on any atom is -0.373 e. The molecule has 2 aliphatic carbocycles. The van der Waals surface area contributed by atoms with Crippen LogP contribution in [0.3, 0.4) is 0 Å². The number of hydrogen-bond donors (Lipinski definition) is 0. The quantitative estimate of drug-likeness (QED) is 0.514. The predicted molar refractivity (Wildman–Crippen MR) is 91.2 cm³/mol. The van der Waals surface area contributed by atoms with Crippen LogP contribution in [-0.4, -0.2) is 45.4 Å². The van der Waals surface area contributed by atoms with E-state index in [2.05, 4.69) is 0 Å². The summed E-state index contributed by atoms with van der Waals surface area (Å²) >= 11 is 26.5. The lowest BCUT2D eigenvalue weighted by Gasteiger charge is -2.40. The highest BCUT2D eigenvalue weighted by molar-refractivity contribution is 6.51. The first-order chi connectivity index (χ1) is 11.8. The maximum Gasteiger partial charge on any atom is 0.260 e. The van der Waals surface area contributed by atoms with Crippen LogP contribution in [-0.2, 0) is 19.2 Å². The van der Waals surface area contributed by atoms with Gasteiger partial charge in [-0.05, 0) is 12.8 Å². The molecule has 8 atom stereocenters. The zero-order valence-electron chi connectivity index (χ0n) is 13.2. The lowest BCUT2D eigenvalue weighted by atomic mass is 9.65. The number of imide groups is 1. The molecule has 4 bridgehead atoms. The average Bonchev–Trinajstić information content (AvgIpc) is 3.29. The third-order valence-electron chi connectivity index (χ3n) is 6.39. The van der Waals surface area contributed by atoms with E-state index in [9.17, 15) is 9.59 Å². The van der Waals surface area contributed by atoms with Crippen molar-refractivity contribution >= 4 is 58.2 Å². The summed E-state index contributed by atoms with van der Waals surface area (Å²) in [5.74, 6) is -2.37. The minimum atomic E-state index is -0.934. The molecule has 0 aromatic heterocycles. The van der Waals surface area contributed by atoms with Gasteiger partial charge in [-0.3, -0.25) is 14.4 Å². The summed E-state index contributed by atoms with van der Waals surface area (Å²) in [6.45, 7) is 2.21. The summed E-state index contributed by atoms with van der Waals surface area (Å²) in [5.41, 5.74) is 0. The molecule has 136 valence electrons. The Hall–Kier alpha value is -0.0400. The van der Waals surface area contributed by atoms with Gasteiger partial charge >= 0.3 is 0 Å². The number of amides is 2. The molecule has 3 saturated heterocycles. The predicted octanol–water partition coefficient (Wildman–Crippen LogP) is 3.00. The SMILES string of the molecule is CCCON1C(=O)C2C3OC(C2C1=O)C1C3C2(Cl)CC1(Cl)C(Cl)=C2Cl. The van der Waals surface area contributed by atoms with Gasteiger partial charge in [0.2, 0.25) is 0 Å². The fraction of sp³-hybridized carbons (Fsp3) is 0.750. The molecule has 0 aromatic carbocycles. The van der Waals surface area contributed by atoms with E-state index in [0.717, 1.165) is 5.06 Å². The van der Waals surface area contributed by atoms with E-state index in [1.807, 2.05) is 6.92 Å². The van der Waals surface area contributed by atoms with Crippen molar-refractivity contribution < 1.29 is 19.2 Å². The highest BCUT2D eigenvalue weighted by atomic mass is 35.5. The van der Waals surface area contributed by atoms with Crippen molar-refractivity contribution in [2.45, 2.75) is 41.7 Å². The summed E-state index contributed by atoms with van der Waals surface area (Å²) in [4.78, 5) is 29.0. The number of halogens is 4. The molecular weight excluding hydrogens is 412 g/mol. The molecule has 0 N–H and O–H groups in total. The van der Waals surface area contributed by atoms with Crippen molar-refractivity contribution in [2.75, 3.05) is 6.61 Å². The van der Waals surface area contributed by atoms with Crippen LogP contribution < -0.4 is 0 Å². The van der Waals surface area contributed by atoms with E-state index >= 15 is 0 Å². The van der Waals surface area contributed by atoms with Crippen molar-refractivity contribution in [2.24, 2.45) is 23.7 Å². The first-order valence-corrected chi connectivity index (χ1v) is 9.88. The molecule has 1 saturated carbocycles. The number of rotatable bonds is 3. The Morgan fingerprint density at radius 3 is 2.00 bits per heavy atom. The molecule has 8 unspecified atom stereocenters. The van der Waals surface area contributed by atoms with Gasteiger partial charge in [0.25, 0.3) is 11.8 Å². The third kappa shape index (κ3) is 1.72. The van der Waals surface area contributed by atoms with E-state index in [0.29, 0.717) is 29.5 Å². The van der Waals surface area contributed by atoms with Crippen LogP contribution in [0.1, 0.15) is 19.8 Å². The van der Waals surface area contributed by atoms with Crippen molar-refractivity contribution in [1.82, 2.24) is 5.06 Å². The number of carbonyl (C=O) groups excluding carboxylic acids is 2. The van der Waals surface area contributed by atoms with Gasteiger partial charge in [0.15, 0.2) is 0 Å². The molecule has 9 heteroatoms. The van der Waals surface area contributed by atoms with Crippen LogP contribution in [0.4, 0.5) is 0 Å². The molecule has 5 aliphatic rings. The lowest BCUT2D eigenvalue weighted by Crippen LogP contribution is -2.50. The maximum atomic E-state index is 12.8. The molecule has 3 aliphatic heterocycles. The van der Waals surface area contributed by atoms with Gasteiger partial charge < -0.3 is 4.74 Å². The highest BCUT2D eigenvalue weighted by Gasteiger charge is 2.82. The topological polar surface area (TPSA) is 55.8 Å². The number of carbonyl (C=O) groups is 2. The molecule has 3 heterocycles. The van der Waals surface area contributed by atoms with Crippen LogP contribution in [0.25, 0.3) is 0 Å². The average molecular weight is 427 g/mol. The normalized spacial score (nSPS) is 52.6. The van der Waals surface area contributed by atoms with Gasteiger partial charge in [0, 0.05) is 11.8 Å². The summed E-state index contributed by atoms with van der Waals surface area (Å²) in [7, 11) is 0. The molecular formula is C16H15Cl4NO4. The summed E-state index contributed by atoms with van der Waals surface area (Å²) in [6.07, 6.45) is 0.0995. The zero-order chi connectivity index (χ0) is 17.9. The third-order valence-corrected chi connectivity index (χ3v) is 8.88. The molecule has 0 radical (unpaired) electrons. The van der Waals surface area contributed by atoms with E-state index in [4.69, 9.17) is 56.0 Å². The fourth-order valence-electron chi connectivity index (χ4n) is 5.57. The first kappa shape index (κ1) is 17.1. The Balaban J connectivity index is 1.56. The van der Waals surface area contributed by atoms with Gasteiger partial charge in [-0.25, -0.2) is 0 Å². The second-order valence-electron chi connectivity index (χ2n) is 7.50. The Bertz CT molecular complexity index is 690. The Morgan fingerprint density at radius 1 is 1.08 bits per heavy atom. The van der Waals surface area contributed by atoms with Crippen LogP contribution in [0.5, 0.6) is 0 Å². The molecule has 25 heavy (non-hydrogen) atoms. The smallest absolute Gasteiger partial charge is 0.260 e. The fourth-order valence-corrected chi connectivity index (χ4v) is 7.59. The molecule has 5 rings (SSSR count). The Labute approximate surface area is 164 Å². The minimum absolute atomic E-state index is 0.240. The van der Waals surface area contributed by atoms with Crippen molar-refractivity contribution in [3.8, 4) is 0 Å². The second kappa shape index (κ2) is 5.06. The number of fused-ring (bicyclic) bond motifs is 12. The largest absolute Gasteiger partial charge is 0.373 e. The van der Waals surface area contributed by atoms with Gasteiger partial charge in [0.1, 0.15) is 0 Å². The number of hydrogen-bond acceptors (Lipinski definition) is 4. The van der Waals surface area contributed by atoms with Crippen LogP contribution in [0, 0.1) is 23.7 Å². The maximum absolute atomic E-state index is 12.8. The number of ether oxygens (including phenoxy) is 1. The number of nitrogens with zero attached hydrogens (tertiary/aromatic N) is 1. The standard InChI is InChI=1S/C16H15Cl4NO4/c1-2-3-24-21-13(22)5-6(14(21)23)10-8-7(9(5)25-10)15(19)4-16(8,20)12(18)11(15)17/h5-10H,2-4H2,1H3. The lowest BCUT2D eigenvalue weighted by molar-refractivity contribution is -0.192. The van der Waals surface area contributed by atoms with Crippen molar-refractivity contribution in [3.05, 3.63) is 10.1 Å². The van der Waals surface area contributed by atoms with E-state index in [-0.39, 0.29) is 23.7 Å². The van der Waals surface area contributed by atoms with Crippen LogP contribution >= 0.6 is 46.4 Å². The number of alkyl halides is 2. The van der Waals surface area contributed by atoms with Gasteiger partial charge in [0.05, 0.1) is 50.5 Å². The van der Waals surface area contributed by atoms with Crippen molar-refractivity contribution in [1.29, 1.82) is 0 Å². The second-order valence-corrected chi connectivity index (χ2v) is 9.61. The molecule has 0 aromatic rings. The van der Waals surface area contributed by atoms with E-state index in [1.54, 1.807) is 0 Å². The monoisotopic (exact) mass is 425 g/mol. The van der Waals surface area contributed by atoms with Crippen LogP contribution in [0.2, 0.25) is 0 Å². The van der Waals surface area contributed by atoms with Crippen molar-refractivity contribution in [3.63, 3.8) is 0 Å². The molecule has 2 amide bonds. The number of hydroxylamine groups is 2. The zero-order valence-corrected chi connectivity index (χ0v) is 16.2. The highest BCUT2D eigenvalue weighted by Crippen LogP contribution is 2.75. The Morgan fingerprint density at radius 2 is 1.56 bits per heavy atom. The van der Waals surface area contributed by atoms with E-state index < -0.39 is 33.8 Å². The molecule has 5 nitrogen and oxygen atoms in total. The summed E-state index contributed by atoms with van der Waals surface area (Å²) < 4.78 is 6.07. The van der Waals surface area contributed by atoms with Gasteiger partial charge in [-0.15, -0.1) is 23.2 Å². The summed E-state index contributed by atoms with van der Waals surface area (Å²) in [6, 6.07) is 0. The summed E-state index contributed by atoms with van der Waals surface area (Å²) in [5, 5.41) is 1.59. The number of allylic oxidation sites excluding steroid dienone is 2.